The minimum Gasteiger partial charge on any atom is -0.497 e. The van der Waals surface area contributed by atoms with Crippen LogP contribution in [0.5, 0.6) is 5.75 Å². The number of benzene rings is 1. The third kappa shape index (κ3) is 4.33. The van der Waals surface area contributed by atoms with E-state index in [1.54, 1.807) is 18.4 Å². The van der Waals surface area contributed by atoms with Gasteiger partial charge in [-0.1, -0.05) is 12.1 Å². The van der Waals surface area contributed by atoms with E-state index in [-0.39, 0.29) is 0 Å². The Morgan fingerprint density at radius 2 is 2.05 bits per heavy atom. The molecule has 1 heterocycles. The number of thiazole rings is 1. The van der Waals surface area contributed by atoms with Gasteiger partial charge < -0.3 is 10.1 Å². The summed E-state index contributed by atoms with van der Waals surface area (Å²) < 4.78 is 5.19. The fraction of sp³-hybridized carbons (Fsp3) is 0.400. The molecule has 2 aromatic rings. The molecule has 0 aliphatic rings. The highest BCUT2D eigenvalue weighted by atomic mass is 32.1. The second-order valence-electron chi connectivity index (χ2n) is 4.66. The second-order valence-corrected chi connectivity index (χ2v) is 5.38. The number of hydrogen-bond donors (Lipinski definition) is 1. The topological polar surface area (TPSA) is 34.1 Å². The first kappa shape index (κ1) is 14.0. The van der Waals surface area contributed by atoms with Crippen LogP contribution in [0.15, 0.2) is 35.2 Å². The molecule has 0 fully saturated rings. The van der Waals surface area contributed by atoms with Gasteiger partial charge in [-0.05, 0) is 50.0 Å². The lowest BCUT2D eigenvalue weighted by Gasteiger charge is -2.15. The van der Waals surface area contributed by atoms with Crippen LogP contribution in [-0.2, 0) is 12.8 Å². The van der Waals surface area contributed by atoms with Crippen molar-refractivity contribution in [3.8, 4) is 5.75 Å². The third-order valence-corrected chi connectivity index (χ3v) is 3.79. The molecule has 1 atom stereocenters. The Bertz CT molecular complexity index is 467. The van der Waals surface area contributed by atoms with Crippen LogP contribution in [0, 0.1) is 5.92 Å². The Morgan fingerprint density at radius 3 is 2.63 bits per heavy atom. The van der Waals surface area contributed by atoms with Gasteiger partial charge >= 0.3 is 0 Å². The van der Waals surface area contributed by atoms with E-state index in [0.717, 1.165) is 25.1 Å². The first-order valence-electron chi connectivity index (χ1n) is 6.46. The molecular weight excluding hydrogens is 256 g/mol. The number of methoxy groups -OCH3 is 1. The lowest BCUT2D eigenvalue weighted by Crippen LogP contribution is -2.22. The average molecular weight is 276 g/mol. The van der Waals surface area contributed by atoms with Crippen molar-refractivity contribution in [1.82, 2.24) is 10.3 Å². The van der Waals surface area contributed by atoms with Gasteiger partial charge in [-0.2, -0.15) is 0 Å². The first-order valence-corrected chi connectivity index (χ1v) is 7.40. The standard InChI is InChI=1S/C15H20N2OS/c1-16-9-13(8-14-10-19-11-17-14)7-12-3-5-15(18-2)6-4-12/h3-6,10-11,13,16H,7-9H2,1-2H3. The minimum absolute atomic E-state index is 0.570. The zero-order valence-corrected chi connectivity index (χ0v) is 12.2. The fourth-order valence-corrected chi connectivity index (χ4v) is 2.81. The maximum atomic E-state index is 5.19. The largest absolute Gasteiger partial charge is 0.497 e. The highest BCUT2D eigenvalue weighted by Crippen LogP contribution is 2.17. The number of nitrogens with one attached hydrogen (secondary N) is 1. The Balaban J connectivity index is 1.98. The van der Waals surface area contributed by atoms with Crippen LogP contribution in [0.3, 0.4) is 0 Å². The van der Waals surface area contributed by atoms with Gasteiger partial charge in [0.1, 0.15) is 5.75 Å². The van der Waals surface area contributed by atoms with Gasteiger partial charge in [0.05, 0.1) is 18.3 Å². The predicted octanol–water partition coefficient (Wildman–Crippen LogP) is 2.77. The van der Waals surface area contributed by atoms with Crippen LogP contribution < -0.4 is 10.1 Å². The summed E-state index contributed by atoms with van der Waals surface area (Å²) in [5.74, 6) is 1.48. The molecule has 19 heavy (non-hydrogen) atoms. The molecule has 0 saturated carbocycles. The Labute approximate surface area is 118 Å². The molecule has 0 aliphatic heterocycles. The monoisotopic (exact) mass is 276 g/mol. The quantitative estimate of drug-likeness (QED) is 0.844. The maximum Gasteiger partial charge on any atom is 0.118 e. The Kier molecular flexibility index (Phi) is 5.36. The molecule has 0 spiro atoms. The molecule has 1 N–H and O–H groups in total. The van der Waals surface area contributed by atoms with E-state index >= 15 is 0 Å². The summed E-state index contributed by atoms with van der Waals surface area (Å²) in [5, 5.41) is 5.41. The summed E-state index contributed by atoms with van der Waals surface area (Å²) in [6.07, 6.45) is 2.08. The summed E-state index contributed by atoms with van der Waals surface area (Å²) in [6.45, 7) is 1.00. The second kappa shape index (κ2) is 7.26. The number of aromatic nitrogens is 1. The van der Waals surface area contributed by atoms with Gasteiger partial charge in [0, 0.05) is 5.38 Å². The van der Waals surface area contributed by atoms with Crippen molar-refractivity contribution in [3.63, 3.8) is 0 Å². The van der Waals surface area contributed by atoms with E-state index in [4.69, 9.17) is 4.74 Å². The number of rotatable bonds is 7. The van der Waals surface area contributed by atoms with Crippen LogP contribution in [0.4, 0.5) is 0 Å². The van der Waals surface area contributed by atoms with Crippen LogP contribution in [0.25, 0.3) is 0 Å². The van der Waals surface area contributed by atoms with Crippen molar-refractivity contribution in [2.24, 2.45) is 5.92 Å². The van der Waals surface area contributed by atoms with E-state index < -0.39 is 0 Å². The van der Waals surface area contributed by atoms with Crippen LogP contribution in [-0.4, -0.2) is 25.7 Å². The Hall–Kier alpha value is -1.39. The van der Waals surface area contributed by atoms with E-state index in [9.17, 15) is 0 Å². The molecule has 0 bridgehead atoms. The van der Waals surface area contributed by atoms with Crippen molar-refractivity contribution in [2.45, 2.75) is 12.8 Å². The number of nitrogens with zero attached hydrogens (tertiary/aromatic N) is 1. The van der Waals surface area contributed by atoms with E-state index in [1.807, 2.05) is 24.7 Å². The van der Waals surface area contributed by atoms with Crippen LogP contribution in [0.2, 0.25) is 0 Å². The summed E-state index contributed by atoms with van der Waals surface area (Å²) in [6, 6.07) is 8.33. The van der Waals surface area contributed by atoms with Crippen LogP contribution in [0.1, 0.15) is 11.3 Å². The number of hydrogen-bond acceptors (Lipinski definition) is 4. The van der Waals surface area contributed by atoms with Crippen molar-refractivity contribution < 1.29 is 4.74 Å². The molecule has 0 amide bonds. The normalized spacial score (nSPS) is 12.3. The molecule has 0 aliphatic carbocycles. The molecule has 1 aromatic carbocycles. The maximum absolute atomic E-state index is 5.19. The van der Waals surface area contributed by atoms with Gasteiger partial charge in [0.25, 0.3) is 0 Å². The van der Waals surface area contributed by atoms with Gasteiger partial charge in [-0.3, -0.25) is 0 Å². The van der Waals surface area contributed by atoms with Gasteiger partial charge in [-0.15, -0.1) is 11.3 Å². The zero-order valence-electron chi connectivity index (χ0n) is 11.4. The Morgan fingerprint density at radius 1 is 1.26 bits per heavy atom. The predicted molar refractivity (Wildman–Crippen MR) is 79.9 cm³/mol. The minimum atomic E-state index is 0.570. The lowest BCUT2D eigenvalue weighted by molar-refractivity contribution is 0.414. The fourth-order valence-electron chi connectivity index (χ4n) is 2.23. The number of ether oxygens (including phenoxy) is 1. The van der Waals surface area contributed by atoms with Crippen molar-refractivity contribution >= 4 is 11.3 Å². The highest BCUT2D eigenvalue weighted by molar-refractivity contribution is 7.07. The molecular formula is C15H20N2OS. The SMILES string of the molecule is CNCC(Cc1ccc(OC)cc1)Cc1cscn1. The lowest BCUT2D eigenvalue weighted by atomic mass is 9.95. The first-order chi connectivity index (χ1) is 9.31. The average Bonchev–Trinajstić information content (AvgIpc) is 2.93. The molecule has 0 saturated heterocycles. The summed E-state index contributed by atoms with van der Waals surface area (Å²) in [4.78, 5) is 4.38. The molecule has 4 heteroatoms. The molecule has 102 valence electrons. The molecule has 1 aromatic heterocycles. The molecule has 2 rings (SSSR count). The van der Waals surface area contributed by atoms with Crippen molar-refractivity contribution in [2.75, 3.05) is 20.7 Å². The van der Waals surface area contributed by atoms with E-state index in [0.29, 0.717) is 5.92 Å². The van der Waals surface area contributed by atoms with Crippen LogP contribution >= 0.6 is 11.3 Å². The summed E-state index contributed by atoms with van der Waals surface area (Å²) >= 11 is 1.66. The zero-order chi connectivity index (χ0) is 13.5. The van der Waals surface area contributed by atoms with Gasteiger partial charge in [-0.25, -0.2) is 4.98 Å². The van der Waals surface area contributed by atoms with Gasteiger partial charge in [0.15, 0.2) is 0 Å². The molecule has 0 radical (unpaired) electrons. The third-order valence-electron chi connectivity index (χ3n) is 3.16. The van der Waals surface area contributed by atoms with E-state index in [2.05, 4.69) is 27.8 Å². The van der Waals surface area contributed by atoms with Crippen molar-refractivity contribution in [1.29, 1.82) is 0 Å². The molecule has 1 unspecified atom stereocenters. The highest BCUT2D eigenvalue weighted by Gasteiger charge is 2.11. The smallest absolute Gasteiger partial charge is 0.118 e. The van der Waals surface area contributed by atoms with E-state index in [1.165, 1.54) is 11.3 Å². The summed E-state index contributed by atoms with van der Waals surface area (Å²) in [7, 11) is 3.70. The van der Waals surface area contributed by atoms with Crippen molar-refractivity contribution in [3.05, 3.63) is 46.4 Å². The van der Waals surface area contributed by atoms with Gasteiger partial charge in [0.2, 0.25) is 0 Å². The summed E-state index contributed by atoms with van der Waals surface area (Å²) in [5.41, 5.74) is 4.44. The molecule has 3 nitrogen and oxygen atoms in total.